The number of carbonyl (C=O) groups excluding carboxylic acids is 2. The number of carbonyl (C=O) groups is 2. The predicted octanol–water partition coefficient (Wildman–Crippen LogP) is 3.24. The zero-order valence-corrected chi connectivity index (χ0v) is 17.6. The summed E-state index contributed by atoms with van der Waals surface area (Å²) >= 11 is 2.58. The lowest BCUT2D eigenvalue weighted by Gasteiger charge is -2.07. The van der Waals surface area contributed by atoms with Crippen molar-refractivity contribution in [1.82, 2.24) is 19.9 Å². The minimum atomic E-state index is -0.233. The lowest BCUT2D eigenvalue weighted by molar-refractivity contribution is -0.115. The van der Waals surface area contributed by atoms with Crippen molar-refractivity contribution in [2.45, 2.75) is 20.3 Å². The molecule has 2 amide bonds. The van der Waals surface area contributed by atoms with Gasteiger partial charge in [-0.15, -0.1) is 11.3 Å². The van der Waals surface area contributed by atoms with Crippen LogP contribution < -0.4 is 10.6 Å². The van der Waals surface area contributed by atoms with Crippen LogP contribution >= 0.6 is 22.7 Å². The van der Waals surface area contributed by atoms with Crippen molar-refractivity contribution in [1.29, 1.82) is 0 Å². The average Bonchev–Trinajstić information content (AvgIpc) is 3.20. The van der Waals surface area contributed by atoms with Gasteiger partial charge in [-0.3, -0.25) is 9.59 Å². The predicted molar refractivity (Wildman–Crippen MR) is 112 cm³/mol. The van der Waals surface area contributed by atoms with E-state index in [4.69, 9.17) is 0 Å². The lowest BCUT2D eigenvalue weighted by Crippen LogP contribution is -2.21. The number of anilines is 3. The number of thiazole rings is 2. The smallest absolute Gasteiger partial charge is 0.265 e. The maximum Gasteiger partial charge on any atom is 0.265 e. The second-order valence-electron chi connectivity index (χ2n) is 6.35. The van der Waals surface area contributed by atoms with Crippen LogP contribution in [-0.4, -0.2) is 45.8 Å². The Bertz CT molecular complexity index is 1010. The SMILES string of the molecule is Cc1ccnc(Nc2nc(CC(=O)Nc3nc(C)c(C(=O)N(C)C)s3)cs2)c1. The summed E-state index contributed by atoms with van der Waals surface area (Å²) in [4.78, 5) is 39.3. The first kappa shape index (κ1) is 19.9. The van der Waals surface area contributed by atoms with Gasteiger partial charge in [0.15, 0.2) is 10.3 Å². The molecule has 10 heteroatoms. The number of nitrogens with one attached hydrogen (secondary N) is 2. The number of nitrogens with zero attached hydrogens (tertiary/aromatic N) is 4. The molecule has 3 aromatic rings. The molecule has 0 aliphatic heterocycles. The van der Waals surface area contributed by atoms with E-state index in [9.17, 15) is 9.59 Å². The Morgan fingerprint density at radius 3 is 2.68 bits per heavy atom. The maximum absolute atomic E-state index is 12.3. The third kappa shape index (κ3) is 4.90. The molecule has 0 aliphatic carbocycles. The number of pyridine rings is 1. The lowest BCUT2D eigenvalue weighted by atomic mass is 10.3. The fraction of sp³-hybridized carbons (Fsp3) is 0.278. The second-order valence-corrected chi connectivity index (χ2v) is 8.20. The highest BCUT2D eigenvalue weighted by Gasteiger charge is 2.18. The van der Waals surface area contributed by atoms with E-state index < -0.39 is 0 Å². The average molecular weight is 417 g/mol. The zero-order chi connectivity index (χ0) is 20.3. The summed E-state index contributed by atoms with van der Waals surface area (Å²) in [5, 5.41) is 8.78. The molecule has 0 saturated heterocycles. The van der Waals surface area contributed by atoms with E-state index in [0.717, 1.165) is 5.56 Å². The quantitative estimate of drug-likeness (QED) is 0.640. The van der Waals surface area contributed by atoms with Gasteiger partial charge in [-0.05, 0) is 31.5 Å². The van der Waals surface area contributed by atoms with Gasteiger partial charge in [0.2, 0.25) is 5.91 Å². The fourth-order valence-corrected chi connectivity index (χ4v) is 4.06. The number of amides is 2. The molecule has 0 bridgehead atoms. The molecule has 146 valence electrons. The molecule has 0 fully saturated rings. The topological polar surface area (TPSA) is 100 Å². The molecule has 0 radical (unpaired) electrons. The van der Waals surface area contributed by atoms with E-state index in [1.54, 1.807) is 27.2 Å². The normalized spacial score (nSPS) is 10.6. The highest BCUT2D eigenvalue weighted by atomic mass is 32.1. The molecule has 3 rings (SSSR count). The van der Waals surface area contributed by atoms with Crippen molar-refractivity contribution < 1.29 is 9.59 Å². The molecule has 3 heterocycles. The first-order valence-electron chi connectivity index (χ1n) is 8.45. The van der Waals surface area contributed by atoms with Crippen molar-refractivity contribution in [2.24, 2.45) is 0 Å². The molecule has 28 heavy (non-hydrogen) atoms. The largest absolute Gasteiger partial charge is 0.344 e. The zero-order valence-electron chi connectivity index (χ0n) is 15.9. The molecular formula is C18H20N6O2S2. The summed E-state index contributed by atoms with van der Waals surface area (Å²) in [6, 6.07) is 3.84. The highest BCUT2D eigenvalue weighted by molar-refractivity contribution is 7.17. The third-order valence-electron chi connectivity index (χ3n) is 3.69. The van der Waals surface area contributed by atoms with Gasteiger partial charge < -0.3 is 15.5 Å². The van der Waals surface area contributed by atoms with Gasteiger partial charge in [-0.1, -0.05) is 11.3 Å². The second kappa shape index (κ2) is 8.44. The third-order valence-corrected chi connectivity index (χ3v) is 5.55. The molecule has 2 N–H and O–H groups in total. The van der Waals surface area contributed by atoms with Gasteiger partial charge in [-0.2, -0.15) is 0 Å². The van der Waals surface area contributed by atoms with Gasteiger partial charge in [0.25, 0.3) is 5.91 Å². The number of hydrogen-bond donors (Lipinski definition) is 2. The monoisotopic (exact) mass is 416 g/mol. The van der Waals surface area contributed by atoms with Gasteiger partial charge in [0, 0.05) is 25.7 Å². The van der Waals surface area contributed by atoms with Crippen molar-refractivity contribution in [2.75, 3.05) is 24.7 Å². The summed E-state index contributed by atoms with van der Waals surface area (Å²) in [7, 11) is 3.36. The summed E-state index contributed by atoms with van der Waals surface area (Å²) in [5.74, 6) is 0.348. The standard InChI is InChI=1S/C18H20N6O2S2/c1-10-5-6-19-13(7-10)22-17-21-12(9-27-17)8-14(25)23-18-20-11(2)15(28-18)16(26)24(3)4/h5-7,9H,8H2,1-4H3,(H,19,21,22)(H,20,23,25). The van der Waals surface area contributed by atoms with E-state index >= 15 is 0 Å². The molecule has 0 atom stereocenters. The minimum absolute atomic E-state index is 0.120. The molecule has 8 nitrogen and oxygen atoms in total. The first-order chi connectivity index (χ1) is 13.3. The van der Waals surface area contributed by atoms with Crippen LogP contribution in [0.25, 0.3) is 0 Å². The van der Waals surface area contributed by atoms with Gasteiger partial charge in [-0.25, -0.2) is 15.0 Å². The van der Waals surface area contributed by atoms with Crippen LogP contribution in [0.5, 0.6) is 0 Å². The number of hydrogen-bond acceptors (Lipinski definition) is 8. The van der Waals surface area contributed by atoms with Crippen LogP contribution in [0.2, 0.25) is 0 Å². The minimum Gasteiger partial charge on any atom is -0.344 e. The highest BCUT2D eigenvalue weighted by Crippen LogP contribution is 2.24. The fourth-order valence-electron chi connectivity index (χ4n) is 2.34. The van der Waals surface area contributed by atoms with E-state index in [1.165, 1.54) is 27.6 Å². The van der Waals surface area contributed by atoms with Gasteiger partial charge in [0.1, 0.15) is 10.7 Å². The first-order valence-corrected chi connectivity index (χ1v) is 10.1. The van der Waals surface area contributed by atoms with Crippen LogP contribution in [0.15, 0.2) is 23.7 Å². The van der Waals surface area contributed by atoms with E-state index in [0.29, 0.717) is 32.3 Å². The van der Waals surface area contributed by atoms with Crippen molar-refractivity contribution in [3.05, 3.63) is 45.5 Å². The summed E-state index contributed by atoms with van der Waals surface area (Å²) in [5.41, 5.74) is 2.35. The number of aryl methyl sites for hydroxylation is 2. The van der Waals surface area contributed by atoms with E-state index in [1.807, 2.05) is 24.4 Å². The van der Waals surface area contributed by atoms with Crippen LogP contribution in [0.4, 0.5) is 16.1 Å². The molecule has 0 saturated carbocycles. The summed E-state index contributed by atoms with van der Waals surface area (Å²) in [6.07, 6.45) is 1.85. The van der Waals surface area contributed by atoms with E-state index in [-0.39, 0.29) is 18.2 Å². The van der Waals surface area contributed by atoms with Crippen LogP contribution in [0, 0.1) is 13.8 Å². The molecular weight excluding hydrogens is 396 g/mol. The van der Waals surface area contributed by atoms with Crippen LogP contribution in [0.1, 0.15) is 26.6 Å². The van der Waals surface area contributed by atoms with Crippen molar-refractivity contribution in [3.8, 4) is 0 Å². The van der Waals surface area contributed by atoms with Crippen LogP contribution in [0.3, 0.4) is 0 Å². The molecule has 0 unspecified atom stereocenters. The Morgan fingerprint density at radius 1 is 1.18 bits per heavy atom. The molecule has 0 spiro atoms. The Hall–Kier alpha value is -2.85. The van der Waals surface area contributed by atoms with Crippen LogP contribution in [-0.2, 0) is 11.2 Å². The Balaban J connectivity index is 1.61. The maximum atomic E-state index is 12.3. The van der Waals surface area contributed by atoms with E-state index in [2.05, 4.69) is 25.6 Å². The van der Waals surface area contributed by atoms with Crippen molar-refractivity contribution >= 4 is 50.6 Å². The Labute approximate surface area is 170 Å². The van der Waals surface area contributed by atoms with Gasteiger partial charge in [0.05, 0.1) is 17.8 Å². The van der Waals surface area contributed by atoms with Crippen molar-refractivity contribution in [3.63, 3.8) is 0 Å². The number of aromatic nitrogens is 3. The summed E-state index contributed by atoms with van der Waals surface area (Å²) in [6.45, 7) is 3.74. The Kier molecular flexibility index (Phi) is 6.00. The van der Waals surface area contributed by atoms with Gasteiger partial charge >= 0.3 is 0 Å². The Morgan fingerprint density at radius 2 is 1.96 bits per heavy atom. The molecule has 0 aromatic carbocycles. The summed E-state index contributed by atoms with van der Waals surface area (Å²) < 4.78 is 0. The molecule has 3 aromatic heterocycles. The molecule has 0 aliphatic rings. The number of rotatable bonds is 6.